The second-order valence-electron chi connectivity index (χ2n) is 5.91. The number of likely N-dealkylation sites (N-methyl/N-ethyl adjacent to an activating group) is 1. The Morgan fingerprint density at radius 2 is 1.81 bits per heavy atom. The molecule has 0 saturated carbocycles. The first-order valence-electron chi connectivity index (χ1n) is 8.47. The molecule has 2 aromatic rings. The summed E-state index contributed by atoms with van der Waals surface area (Å²) in [6, 6.07) is 14.0. The van der Waals surface area contributed by atoms with Gasteiger partial charge >= 0.3 is 0 Å². The predicted octanol–water partition coefficient (Wildman–Crippen LogP) is 3.00. The van der Waals surface area contributed by atoms with Crippen LogP contribution in [0.2, 0.25) is 0 Å². The van der Waals surface area contributed by atoms with Crippen LogP contribution >= 0.6 is 15.9 Å². The summed E-state index contributed by atoms with van der Waals surface area (Å²) >= 11 is 3.42. The van der Waals surface area contributed by atoms with E-state index in [2.05, 4.69) is 21.2 Å². The number of ether oxygens (including phenoxy) is 2. The number of nitrogens with zero attached hydrogens (tertiary/aromatic N) is 1. The van der Waals surface area contributed by atoms with Gasteiger partial charge in [-0.25, -0.2) is 0 Å². The molecule has 0 spiro atoms. The van der Waals surface area contributed by atoms with Crippen molar-refractivity contribution in [1.29, 1.82) is 0 Å². The molecule has 0 fully saturated rings. The Balaban J connectivity index is 2.10. The molecule has 0 aromatic heterocycles. The molecule has 0 aliphatic heterocycles. The molecule has 2 amide bonds. The quantitative estimate of drug-likeness (QED) is 0.693. The Bertz CT molecular complexity index is 780. The van der Waals surface area contributed by atoms with E-state index in [4.69, 9.17) is 9.47 Å². The highest BCUT2D eigenvalue weighted by Gasteiger charge is 2.25. The fourth-order valence-corrected chi connectivity index (χ4v) is 2.97. The van der Waals surface area contributed by atoms with Gasteiger partial charge < -0.3 is 19.7 Å². The van der Waals surface area contributed by atoms with Crippen molar-refractivity contribution in [1.82, 2.24) is 10.2 Å². The van der Waals surface area contributed by atoms with Crippen LogP contribution in [0.15, 0.2) is 53.0 Å². The molecular formula is C20H23BrN2O4. The van der Waals surface area contributed by atoms with Gasteiger partial charge in [0, 0.05) is 18.1 Å². The molecule has 0 saturated heterocycles. The van der Waals surface area contributed by atoms with Crippen molar-refractivity contribution in [2.24, 2.45) is 0 Å². The van der Waals surface area contributed by atoms with Crippen molar-refractivity contribution in [3.8, 4) is 11.5 Å². The molecule has 1 N–H and O–H groups in total. The Morgan fingerprint density at radius 3 is 2.41 bits per heavy atom. The summed E-state index contributed by atoms with van der Waals surface area (Å²) in [5.41, 5.74) is 0.915. The normalized spacial score (nSPS) is 11.4. The molecule has 0 bridgehead atoms. The van der Waals surface area contributed by atoms with Gasteiger partial charge in [-0.15, -0.1) is 0 Å². The van der Waals surface area contributed by atoms with E-state index in [1.807, 2.05) is 24.3 Å². The summed E-state index contributed by atoms with van der Waals surface area (Å²) in [6.07, 6.45) is 0. The molecular weight excluding hydrogens is 412 g/mol. The fraction of sp³-hybridized carbons (Fsp3) is 0.300. The molecule has 0 aliphatic rings. The van der Waals surface area contributed by atoms with Crippen LogP contribution in [0, 0.1) is 0 Å². The maximum Gasteiger partial charge on any atom is 0.261 e. The van der Waals surface area contributed by atoms with Crippen molar-refractivity contribution < 1.29 is 19.1 Å². The average Bonchev–Trinajstić information content (AvgIpc) is 2.69. The highest BCUT2D eigenvalue weighted by molar-refractivity contribution is 9.10. The molecule has 1 atom stereocenters. The summed E-state index contributed by atoms with van der Waals surface area (Å²) < 4.78 is 11.6. The minimum absolute atomic E-state index is 0.165. The fourth-order valence-electron chi connectivity index (χ4n) is 2.52. The zero-order chi connectivity index (χ0) is 19.8. The highest BCUT2D eigenvalue weighted by Crippen LogP contribution is 2.18. The van der Waals surface area contributed by atoms with Gasteiger partial charge in [-0.2, -0.15) is 0 Å². The third-order valence-electron chi connectivity index (χ3n) is 4.08. The van der Waals surface area contributed by atoms with Gasteiger partial charge in [-0.3, -0.25) is 9.59 Å². The van der Waals surface area contributed by atoms with Crippen molar-refractivity contribution in [2.75, 3.05) is 20.8 Å². The molecule has 0 aliphatic carbocycles. The van der Waals surface area contributed by atoms with Gasteiger partial charge in [0.1, 0.15) is 17.5 Å². The standard InChI is InChI=1S/C20H23BrN2O4/c1-14(20(25)22-2)23(12-15-5-4-6-16(21)11-15)19(24)13-27-18-9-7-17(26-3)8-10-18/h4-11,14H,12-13H2,1-3H3,(H,22,25). The third kappa shape index (κ3) is 5.99. The number of hydrogen-bond acceptors (Lipinski definition) is 4. The summed E-state index contributed by atoms with van der Waals surface area (Å²) in [6.45, 7) is 1.84. The lowest BCUT2D eigenvalue weighted by atomic mass is 10.1. The molecule has 2 aromatic carbocycles. The van der Waals surface area contributed by atoms with Crippen molar-refractivity contribution >= 4 is 27.7 Å². The largest absolute Gasteiger partial charge is 0.497 e. The summed E-state index contributed by atoms with van der Waals surface area (Å²) in [5, 5.41) is 2.59. The SMILES string of the molecule is CNC(=O)C(C)N(Cc1cccc(Br)c1)C(=O)COc1ccc(OC)cc1. The molecule has 1 unspecified atom stereocenters. The van der Waals surface area contributed by atoms with Crippen LogP contribution in [0.4, 0.5) is 0 Å². The Morgan fingerprint density at radius 1 is 1.15 bits per heavy atom. The number of amides is 2. The van der Waals surface area contributed by atoms with Crippen LogP contribution in [0.25, 0.3) is 0 Å². The van der Waals surface area contributed by atoms with E-state index in [0.717, 1.165) is 10.0 Å². The van der Waals surface area contributed by atoms with Gasteiger partial charge in [-0.05, 0) is 48.9 Å². The lowest BCUT2D eigenvalue weighted by Crippen LogP contribution is -2.48. The van der Waals surface area contributed by atoms with Crippen LogP contribution in [0.5, 0.6) is 11.5 Å². The lowest BCUT2D eigenvalue weighted by Gasteiger charge is -2.28. The topological polar surface area (TPSA) is 67.9 Å². The van der Waals surface area contributed by atoms with Crippen LogP contribution < -0.4 is 14.8 Å². The van der Waals surface area contributed by atoms with Crippen molar-refractivity contribution in [2.45, 2.75) is 19.5 Å². The molecule has 0 radical (unpaired) electrons. The smallest absolute Gasteiger partial charge is 0.261 e. The van der Waals surface area contributed by atoms with Crippen molar-refractivity contribution in [3.05, 3.63) is 58.6 Å². The molecule has 27 heavy (non-hydrogen) atoms. The van der Waals surface area contributed by atoms with E-state index in [0.29, 0.717) is 18.0 Å². The van der Waals surface area contributed by atoms with Gasteiger partial charge in [0.25, 0.3) is 5.91 Å². The van der Waals surface area contributed by atoms with Gasteiger partial charge in [-0.1, -0.05) is 28.1 Å². The number of hydrogen-bond donors (Lipinski definition) is 1. The first kappa shape index (κ1) is 20.8. The maximum atomic E-state index is 12.8. The van der Waals surface area contributed by atoms with E-state index >= 15 is 0 Å². The van der Waals surface area contributed by atoms with Crippen LogP contribution in [0.1, 0.15) is 12.5 Å². The Kier molecular flexibility index (Phi) is 7.67. The molecule has 7 heteroatoms. The maximum absolute atomic E-state index is 12.8. The monoisotopic (exact) mass is 434 g/mol. The van der Waals surface area contributed by atoms with Gasteiger partial charge in [0.15, 0.2) is 6.61 Å². The van der Waals surface area contributed by atoms with Crippen LogP contribution in [-0.2, 0) is 16.1 Å². The number of halogens is 1. The number of methoxy groups -OCH3 is 1. The molecule has 2 rings (SSSR count). The van der Waals surface area contributed by atoms with Crippen molar-refractivity contribution in [3.63, 3.8) is 0 Å². The second kappa shape index (κ2) is 9.97. The Hall–Kier alpha value is -2.54. The number of carbonyl (C=O) groups excluding carboxylic acids is 2. The minimum Gasteiger partial charge on any atom is -0.497 e. The van der Waals surface area contributed by atoms with E-state index in [9.17, 15) is 9.59 Å². The predicted molar refractivity (Wildman–Crippen MR) is 107 cm³/mol. The zero-order valence-electron chi connectivity index (χ0n) is 15.6. The second-order valence-corrected chi connectivity index (χ2v) is 6.82. The van der Waals surface area contributed by atoms with Gasteiger partial charge in [0.2, 0.25) is 5.91 Å². The minimum atomic E-state index is -0.624. The first-order chi connectivity index (χ1) is 12.9. The highest BCUT2D eigenvalue weighted by atomic mass is 79.9. The summed E-state index contributed by atoms with van der Waals surface area (Å²) in [4.78, 5) is 26.4. The van der Waals surface area contributed by atoms with Crippen LogP contribution in [-0.4, -0.2) is 43.5 Å². The van der Waals surface area contributed by atoms with E-state index in [-0.39, 0.29) is 18.4 Å². The number of benzene rings is 2. The molecule has 0 heterocycles. The number of rotatable bonds is 8. The Labute approximate surface area is 167 Å². The lowest BCUT2D eigenvalue weighted by molar-refractivity contribution is -0.142. The molecule has 6 nitrogen and oxygen atoms in total. The van der Waals surface area contributed by atoms with Gasteiger partial charge in [0.05, 0.1) is 7.11 Å². The first-order valence-corrected chi connectivity index (χ1v) is 9.26. The van der Waals surface area contributed by atoms with E-state index in [1.165, 1.54) is 4.90 Å². The van der Waals surface area contributed by atoms with E-state index < -0.39 is 6.04 Å². The number of carbonyl (C=O) groups is 2. The third-order valence-corrected chi connectivity index (χ3v) is 4.57. The summed E-state index contributed by atoms with van der Waals surface area (Å²) in [5.74, 6) is 0.752. The average molecular weight is 435 g/mol. The zero-order valence-corrected chi connectivity index (χ0v) is 17.2. The number of nitrogens with one attached hydrogen (secondary N) is 1. The molecule has 144 valence electrons. The van der Waals surface area contributed by atoms with Crippen LogP contribution in [0.3, 0.4) is 0 Å². The van der Waals surface area contributed by atoms with E-state index in [1.54, 1.807) is 45.3 Å². The summed E-state index contributed by atoms with van der Waals surface area (Å²) in [7, 11) is 3.13.